The van der Waals surface area contributed by atoms with Crippen molar-refractivity contribution in [3.05, 3.63) is 12.2 Å². The van der Waals surface area contributed by atoms with E-state index < -0.39 is 18.4 Å². The lowest BCUT2D eigenvalue weighted by molar-refractivity contribution is -0.319. The highest BCUT2D eigenvalue weighted by atomic mass is 16.7. The van der Waals surface area contributed by atoms with Crippen molar-refractivity contribution in [3.63, 3.8) is 0 Å². The fourth-order valence-electron chi connectivity index (χ4n) is 2.39. The van der Waals surface area contributed by atoms with Crippen LogP contribution in [0.25, 0.3) is 0 Å². The first-order chi connectivity index (χ1) is 11.0. The molecule has 1 N–H and O–H groups in total. The predicted octanol–water partition coefficient (Wildman–Crippen LogP) is -0.402. The van der Waals surface area contributed by atoms with Gasteiger partial charge in [-0.05, 0) is 6.92 Å². The second-order valence-electron chi connectivity index (χ2n) is 6.30. The van der Waals surface area contributed by atoms with Gasteiger partial charge in [-0.3, -0.25) is 0 Å². The van der Waals surface area contributed by atoms with E-state index in [1.165, 1.54) is 6.92 Å². The van der Waals surface area contributed by atoms with Gasteiger partial charge in [-0.25, -0.2) is 4.79 Å². The van der Waals surface area contributed by atoms with Crippen LogP contribution in [-0.4, -0.2) is 75.5 Å². The highest BCUT2D eigenvalue weighted by molar-refractivity contribution is 5.86. The van der Waals surface area contributed by atoms with Crippen molar-refractivity contribution < 1.29 is 38.3 Å². The molecule has 2 unspecified atom stereocenters. The Morgan fingerprint density at radius 1 is 1.22 bits per heavy atom. The van der Waals surface area contributed by atoms with Gasteiger partial charge in [0.1, 0.15) is 18.8 Å². The van der Waals surface area contributed by atoms with E-state index in [9.17, 15) is 9.90 Å². The highest BCUT2D eigenvalue weighted by Crippen LogP contribution is 2.33. The third kappa shape index (κ3) is 4.09. The summed E-state index contributed by atoms with van der Waals surface area (Å²) in [4.78, 5) is 11.3. The van der Waals surface area contributed by atoms with Crippen molar-refractivity contribution in [2.75, 3.05) is 39.6 Å². The minimum Gasteiger partial charge on any atom is -0.459 e. The SMILES string of the molecule is C=C(C)C(=O)OCC(O)C1OCC2(CO1)COC(C1CO1)OC2. The summed E-state index contributed by atoms with van der Waals surface area (Å²) in [5.74, 6) is -0.557. The van der Waals surface area contributed by atoms with Crippen LogP contribution in [0.2, 0.25) is 0 Å². The van der Waals surface area contributed by atoms with Crippen LogP contribution in [0.5, 0.6) is 0 Å². The maximum Gasteiger partial charge on any atom is 0.333 e. The van der Waals surface area contributed by atoms with Crippen molar-refractivity contribution in [2.45, 2.75) is 31.7 Å². The lowest BCUT2D eigenvalue weighted by atomic mass is 9.90. The normalized spacial score (nSPS) is 38.1. The number of aliphatic hydroxyl groups is 1. The summed E-state index contributed by atoms with van der Waals surface area (Å²) < 4.78 is 32.4. The molecule has 0 aromatic carbocycles. The van der Waals surface area contributed by atoms with E-state index in [1.54, 1.807) is 0 Å². The van der Waals surface area contributed by atoms with Gasteiger partial charge in [0.25, 0.3) is 0 Å². The molecule has 0 bridgehead atoms. The molecule has 3 heterocycles. The van der Waals surface area contributed by atoms with Gasteiger partial charge in [0.05, 0.1) is 38.4 Å². The summed E-state index contributed by atoms with van der Waals surface area (Å²) >= 11 is 0. The van der Waals surface area contributed by atoms with Crippen molar-refractivity contribution in [3.8, 4) is 0 Å². The van der Waals surface area contributed by atoms with Gasteiger partial charge in [-0.15, -0.1) is 0 Å². The number of ether oxygens (including phenoxy) is 6. The number of carbonyl (C=O) groups excluding carboxylic acids is 1. The molecule has 8 heteroatoms. The Labute approximate surface area is 134 Å². The van der Waals surface area contributed by atoms with Gasteiger partial charge in [0.2, 0.25) is 0 Å². The largest absolute Gasteiger partial charge is 0.459 e. The van der Waals surface area contributed by atoms with Crippen LogP contribution in [-0.2, 0) is 33.2 Å². The van der Waals surface area contributed by atoms with E-state index in [0.29, 0.717) is 33.0 Å². The lowest BCUT2D eigenvalue weighted by Crippen LogP contribution is -2.55. The molecule has 2 atom stereocenters. The molecule has 3 saturated heterocycles. The molecule has 0 radical (unpaired) electrons. The summed E-state index contributed by atoms with van der Waals surface area (Å²) in [6, 6.07) is 0. The van der Waals surface area contributed by atoms with Crippen molar-refractivity contribution in [2.24, 2.45) is 5.41 Å². The first-order valence-corrected chi connectivity index (χ1v) is 7.58. The first kappa shape index (κ1) is 16.8. The number of esters is 1. The molecule has 0 amide bonds. The lowest BCUT2D eigenvalue weighted by Gasteiger charge is -2.44. The van der Waals surface area contributed by atoms with Crippen molar-refractivity contribution >= 4 is 5.97 Å². The number of epoxide rings is 1. The van der Waals surface area contributed by atoms with Crippen LogP contribution in [0, 0.1) is 5.41 Å². The van der Waals surface area contributed by atoms with E-state index in [1.807, 2.05) is 0 Å². The number of hydrogen-bond acceptors (Lipinski definition) is 8. The van der Waals surface area contributed by atoms with Gasteiger partial charge in [-0.1, -0.05) is 6.58 Å². The maximum atomic E-state index is 11.3. The van der Waals surface area contributed by atoms with Crippen LogP contribution < -0.4 is 0 Å². The topological polar surface area (TPSA) is 96.0 Å². The van der Waals surface area contributed by atoms with Crippen LogP contribution in [0.15, 0.2) is 12.2 Å². The second-order valence-corrected chi connectivity index (χ2v) is 6.30. The molecule has 130 valence electrons. The maximum absolute atomic E-state index is 11.3. The zero-order chi connectivity index (χ0) is 16.4. The number of rotatable bonds is 5. The Bertz CT molecular complexity index is 442. The van der Waals surface area contributed by atoms with Crippen LogP contribution in [0.3, 0.4) is 0 Å². The zero-order valence-electron chi connectivity index (χ0n) is 13.1. The average Bonchev–Trinajstić information content (AvgIpc) is 3.38. The minimum absolute atomic E-state index is 0.0374. The summed E-state index contributed by atoms with van der Waals surface area (Å²) in [5, 5.41) is 9.98. The van der Waals surface area contributed by atoms with E-state index in [0.717, 1.165) is 0 Å². The Kier molecular flexibility index (Phi) is 5.00. The van der Waals surface area contributed by atoms with Gasteiger partial charge in [0.15, 0.2) is 12.6 Å². The third-order valence-electron chi connectivity index (χ3n) is 3.93. The zero-order valence-corrected chi connectivity index (χ0v) is 13.1. The minimum atomic E-state index is -1.06. The van der Waals surface area contributed by atoms with Crippen LogP contribution >= 0.6 is 0 Å². The van der Waals surface area contributed by atoms with E-state index in [4.69, 9.17) is 28.4 Å². The molecule has 1 spiro atoms. The number of hydrogen-bond donors (Lipinski definition) is 1. The summed E-state index contributed by atoms with van der Waals surface area (Å²) in [6.45, 7) is 7.03. The molecule has 23 heavy (non-hydrogen) atoms. The van der Waals surface area contributed by atoms with Gasteiger partial charge in [-0.2, -0.15) is 0 Å². The molecule has 3 aliphatic rings. The molecule has 3 fully saturated rings. The van der Waals surface area contributed by atoms with E-state index >= 15 is 0 Å². The fourth-order valence-corrected chi connectivity index (χ4v) is 2.39. The quantitative estimate of drug-likeness (QED) is 0.413. The standard InChI is InChI=1S/C15H22O8/c1-9(2)12(17)19-3-10(16)13-20-5-15(6-21-13)7-22-14(23-8-15)11-4-18-11/h10-11,13-14,16H,1,3-8H2,2H3. The summed E-state index contributed by atoms with van der Waals surface area (Å²) in [7, 11) is 0. The molecule has 3 aliphatic heterocycles. The molecule has 3 rings (SSSR count). The first-order valence-electron chi connectivity index (χ1n) is 7.58. The van der Waals surface area contributed by atoms with Crippen LogP contribution in [0.1, 0.15) is 6.92 Å². The Hall–Kier alpha value is -1.03. The smallest absolute Gasteiger partial charge is 0.333 e. The average molecular weight is 330 g/mol. The molecule has 0 aromatic rings. The molecule has 0 saturated carbocycles. The monoisotopic (exact) mass is 330 g/mol. The Morgan fingerprint density at radius 3 is 2.30 bits per heavy atom. The van der Waals surface area contributed by atoms with Gasteiger partial charge < -0.3 is 33.5 Å². The van der Waals surface area contributed by atoms with Gasteiger partial charge in [0, 0.05) is 5.57 Å². The second kappa shape index (κ2) is 6.84. The Balaban J connectivity index is 1.41. The third-order valence-corrected chi connectivity index (χ3v) is 3.93. The predicted molar refractivity (Wildman–Crippen MR) is 75.3 cm³/mol. The molecule has 0 aliphatic carbocycles. The molecular formula is C15H22O8. The molecular weight excluding hydrogens is 308 g/mol. The fraction of sp³-hybridized carbons (Fsp3) is 0.800. The molecule has 0 aromatic heterocycles. The Morgan fingerprint density at radius 2 is 1.78 bits per heavy atom. The molecule has 8 nitrogen and oxygen atoms in total. The van der Waals surface area contributed by atoms with Crippen molar-refractivity contribution in [1.82, 2.24) is 0 Å². The van der Waals surface area contributed by atoms with E-state index in [-0.39, 0.29) is 30.0 Å². The summed E-state index contributed by atoms with van der Waals surface area (Å²) in [6.07, 6.45) is -2.18. The number of carbonyl (C=O) groups is 1. The van der Waals surface area contributed by atoms with Crippen LogP contribution in [0.4, 0.5) is 0 Å². The van der Waals surface area contributed by atoms with Crippen molar-refractivity contribution in [1.29, 1.82) is 0 Å². The number of aliphatic hydroxyl groups excluding tert-OH is 1. The highest BCUT2D eigenvalue weighted by Gasteiger charge is 2.47. The van der Waals surface area contributed by atoms with E-state index in [2.05, 4.69) is 6.58 Å². The van der Waals surface area contributed by atoms with Gasteiger partial charge >= 0.3 is 5.97 Å². The summed E-state index contributed by atoms with van der Waals surface area (Å²) in [5.41, 5.74) is -0.108.